The smallest absolute Gasteiger partial charge is 0.263 e. The monoisotopic (exact) mass is 308 g/mol. The zero-order valence-electron chi connectivity index (χ0n) is 12.3. The van der Waals surface area contributed by atoms with Gasteiger partial charge in [0.25, 0.3) is 5.91 Å². The summed E-state index contributed by atoms with van der Waals surface area (Å²) in [6, 6.07) is 7.10. The van der Waals surface area contributed by atoms with Crippen molar-refractivity contribution in [2.75, 3.05) is 32.7 Å². The van der Waals surface area contributed by atoms with Crippen molar-refractivity contribution in [1.29, 1.82) is 0 Å². The number of rotatable bonds is 5. The second kappa shape index (κ2) is 7.48. The molecule has 1 aliphatic heterocycles. The number of hydrogen-bond donors (Lipinski definition) is 0. The Balaban J connectivity index is 1.87. The van der Waals surface area contributed by atoms with Gasteiger partial charge in [-0.3, -0.25) is 9.69 Å². The van der Waals surface area contributed by atoms with Crippen LogP contribution in [0.1, 0.15) is 6.92 Å². The van der Waals surface area contributed by atoms with E-state index in [1.165, 1.54) is 0 Å². The molecule has 0 aromatic heterocycles. The van der Waals surface area contributed by atoms with Crippen LogP contribution in [0.3, 0.4) is 0 Å². The molecule has 2 rings (SSSR count). The van der Waals surface area contributed by atoms with Crippen molar-refractivity contribution in [3.63, 3.8) is 0 Å². The van der Waals surface area contributed by atoms with E-state index in [-0.39, 0.29) is 5.91 Å². The van der Waals surface area contributed by atoms with Crippen molar-refractivity contribution in [1.82, 2.24) is 9.80 Å². The van der Waals surface area contributed by atoms with Crippen molar-refractivity contribution in [2.24, 2.45) is 0 Å². The Morgan fingerprint density at radius 1 is 1.43 bits per heavy atom. The molecule has 1 atom stereocenters. The Kier molecular flexibility index (Phi) is 5.65. The zero-order valence-corrected chi connectivity index (χ0v) is 13.1. The maximum absolute atomic E-state index is 12.4. The first-order chi connectivity index (χ1) is 10.1. The summed E-state index contributed by atoms with van der Waals surface area (Å²) in [7, 11) is 0. The third-order valence-electron chi connectivity index (χ3n) is 3.53. The highest BCUT2D eigenvalue weighted by atomic mass is 35.5. The number of amides is 1. The van der Waals surface area contributed by atoms with Crippen LogP contribution in [-0.2, 0) is 4.79 Å². The molecule has 1 heterocycles. The summed E-state index contributed by atoms with van der Waals surface area (Å²) >= 11 is 5.91. The number of piperazine rings is 1. The maximum Gasteiger partial charge on any atom is 0.263 e. The molecule has 0 radical (unpaired) electrons. The molecule has 114 valence electrons. The van der Waals surface area contributed by atoms with Gasteiger partial charge >= 0.3 is 0 Å². The molecule has 0 bridgehead atoms. The van der Waals surface area contributed by atoms with Crippen molar-refractivity contribution >= 4 is 17.5 Å². The number of hydrogen-bond acceptors (Lipinski definition) is 3. The van der Waals surface area contributed by atoms with Crippen LogP contribution in [0.25, 0.3) is 0 Å². The molecule has 0 saturated carbocycles. The normalized spacial score (nSPS) is 17.3. The van der Waals surface area contributed by atoms with Crippen molar-refractivity contribution in [3.05, 3.63) is 41.9 Å². The summed E-state index contributed by atoms with van der Waals surface area (Å²) in [5.41, 5.74) is 0. The summed E-state index contributed by atoms with van der Waals surface area (Å²) in [4.78, 5) is 16.5. The molecule has 21 heavy (non-hydrogen) atoms. The quantitative estimate of drug-likeness (QED) is 0.783. The lowest BCUT2D eigenvalue weighted by molar-refractivity contribution is -0.139. The predicted octanol–water partition coefficient (Wildman–Crippen LogP) is 2.44. The maximum atomic E-state index is 12.4. The molecule has 0 aliphatic carbocycles. The summed E-state index contributed by atoms with van der Waals surface area (Å²) in [6.07, 6.45) is 1.39. The third-order valence-corrected chi connectivity index (χ3v) is 3.76. The fourth-order valence-corrected chi connectivity index (χ4v) is 2.57. The molecule has 4 nitrogen and oxygen atoms in total. The standard InChI is InChI=1S/C16H21ClN2O2/c1-3-7-18-8-10-19(11-9-18)16(20)13(2)21-15-6-4-5-14(17)12-15/h3-6,12-13H,1,7-11H2,2H3/t13-/m1/s1. The van der Waals surface area contributed by atoms with Gasteiger partial charge in [0.2, 0.25) is 0 Å². The van der Waals surface area contributed by atoms with Gasteiger partial charge in [0.1, 0.15) is 5.75 Å². The highest BCUT2D eigenvalue weighted by Gasteiger charge is 2.25. The molecule has 0 N–H and O–H groups in total. The van der Waals surface area contributed by atoms with E-state index in [9.17, 15) is 4.79 Å². The molecular weight excluding hydrogens is 288 g/mol. The molecule has 1 saturated heterocycles. The SMILES string of the molecule is C=CCN1CCN(C(=O)[C@@H](C)Oc2cccc(Cl)c2)CC1. The largest absolute Gasteiger partial charge is 0.481 e. The summed E-state index contributed by atoms with van der Waals surface area (Å²) in [6.45, 7) is 9.60. The van der Waals surface area contributed by atoms with E-state index >= 15 is 0 Å². The van der Waals surface area contributed by atoms with Gasteiger partial charge in [-0.25, -0.2) is 0 Å². The first kappa shape index (κ1) is 15.9. The Morgan fingerprint density at radius 2 is 2.14 bits per heavy atom. The van der Waals surface area contributed by atoms with Crippen molar-refractivity contribution < 1.29 is 9.53 Å². The molecule has 1 amide bonds. The van der Waals surface area contributed by atoms with Crippen LogP contribution in [0.5, 0.6) is 5.75 Å². The Morgan fingerprint density at radius 3 is 2.76 bits per heavy atom. The average molecular weight is 309 g/mol. The highest BCUT2D eigenvalue weighted by molar-refractivity contribution is 6.30. The molecule has 0 spiro atoms. The number of halogens is 1. The Bertz CT molecular complexity index is 499. The Labute approximate surface area is 130 Å². The number of carbonyl (C=O) groups is 1. The van der Waals surface area contributed by atoms with Gasteiger partial charge in [-0.2, -0.15) is 0 Å². The first-order valence-electron chi connectivity index (χ1n) is 7.14. The second-order valence-corrected chi connectivity index (χ2v) is 5.57. The molecule has 5 heteroatoms. The van der Waals surface area contributed by atoms with E-state index in [4.69, 9.17) is 16.3 Å². The van der Waals surface area contributed by atoms with Crippen LogP contribution in [0.4, 0.5) is 0 Å². The number of ether oxygens (including phenoxy) is 1. The van der Waals surface area contributed by atoms with Crippen LogP contribution in [0, 0.1) is 0 Å². The average Bonchev–Trinajstić information content (AvgIpc) is 2.47. The lowest BCUT2D eigenvalue weighted by Gasteiger charge is -2.35. The lowest BCUT2D eigenvalue weighted by atomic mass is 10.2. The van der Waals surface area contributed by atoms with Crippen LogP contribution < -0.4 is 4.74 Å². The minimum Gasteiger partial charge on any atom is -0.481 e. The van der Waals surface area contributed by atoms with Crippen LogP contribution in [0.15, 0.2) is 36.9 Å². The molecular formula is C16H21ClN2O2. The minimum atomic E-state index is -0.505. The van der Waals surface area contributed by atoms with Crippen LogP contribution in [0.2, 0.25) is 5.02 Å². The second-order valence-electron chi connectivity index (χ2n) is 5.13. The van der Waals surface area contributed by atoms with E-state index in [1.54, 1.807) is 25.1 Å². The molecule has 1 aromatic carbocycles. The van der Waals surface area contributed by atoms with Crippen LogP contribution >= 0.6 is 11.6 Å². The van der Waals surface area contributed by atoms with E-state index < -0.39 is 6.10 Å². The summed E-state index contributed by atoms with van der Waals surface area (Å²) in [5, 5.41) is 0.602. The number of carbonyl (C=O) groups excluding carboxylic acids is 1. The van der Waals surface area contributed by atoms with Gasteiger partial charge in [0.15, 0.2) is 6.10 Å². The van der Waals surface area contributed by atoms with Gasteiger partial charge in [-0.05, 0) is 25.1 Å². The van der Waals surface area contributed by atoms with Gasteiger partial charge in [-0.15, -0.1) is 6.58 Å². The Hall–Kier alpha value is -1.52. The van der Waals surface area contributed by atoms with Gasteiger partial charge in [0, 0.05) is 37.7 Å². The zero-order chi connectivity index (χ0) is 15.2. The molecule has 1 aliphatic rings. The lowest BCUT2D eigenvalue weighted by Crippen LogP contribution is -2.51. The minimum absolute atomic E-state index is 0.0215. The van der Waals surface area contributed by atoms with Gasteiger partial charge in [-0.1, -0.05) is 23.7 Å². The fourth-order valence-electron chi connectivity index (χ4n) is 2.39. The van der Waals surface area contributed by atoms with E-state index in [0.29, 0.717) is 10.8 Å². The van der Waals surface area contributed by atoms with E-state index in [2.05, 4.69) is 11.5 Å². The first-order valence-corrected chi connectivity index (χ1v) is 7.52. The van der Waals surface area contributed by atoms with E-state index in [0.717, 1.165) is 32.7 Å². The summed E-state index contributed by atoms with van der Waals surface area (Å²) in [5.74, 6) is 0.641. The number of nitrogens with zero attached hydrogens (tertiary/aromatic N) is 2. The van der Waals surface area contributed by atoms with Gasteiger partial charge < -0.3 is 9.64 Å². The summed E-state index contributed by atoms with van der Waals surface area (Å²) < 4.78 is 5.68. The van der Waals surface area contributed by atoms with Gasteiger partial charge in [0.05, 0.1) is 0 Å². The van der Waals surface area contributed by atoms with Crippen LogP contribution in [-0.4, -0.2) is 54.5 Å². The predicted molar refractivity (Wildman–Crippen MR) is 84.8 cm³/mol. The van der Waals surface area contributed by atoms with Crippen molar-refractivity contribution in [3.8, 4) is 5.75 Å². The van der Waals surface area contributed by atoms with Crippen molar-refractivity contribution in [2.45, 2.75) is 13.0 Å². The molecule has 0 unspecified atom stereocenters. The topological polar surface area (TPSA) is 32.8 Å². The molecule has 1 fully saturated rings. The molecule has 1 aromatic rings. The number of benzene rings is 1. The third kappa shape index (κ3) is 4.48. The highest BCUT2D eigenvalue weighted by Crippen LogP contribution is 2.19. The fraction of sp³-hybridized carbons (Fsp3) is 0.438. The van der Waals surface area contributed by atoms with E-state index in [1.807, 2.05) is 17.0 Å².